The average molecular weight is 394 g/mol. The van der Waals surface area contributed by atoms with Crippen LogP contribution in [0.5, 0.6) is 0 Å². The Kier molecular flexibility index (Phi) is 4.58. The zero-order chi connectivity index (χ0) is 20.8. The topological polar surface area (TPSA) is 131 Å². The van der Waals surface area contributed by atoms with Crippen LogP contribution in [-0.4, -0.2) is 39.0 Å². The van der Waals surface area contributed by atoms with Crippen LogP contribution in [0.15, 0.2) is 41.2 Å². The van der Waals surface area contributed by atoms with Crippen LogP contribution < -0.4 is 11.1 Å². The van der Waals surface area contributed by atoms with Gasteiger partial charge in [-0.05, 0) is 43.9 Å². The van der Waals surface area contributed by atoms with E-state index in [1.807, 2.05) is 18.2 Å². The van der Waals surface area contributed by atoms with Crippen molar-refractivity contribution in [1.82, 2.24) is 15.3 Å². The molecule has 4 rings (SSSR count). The van der Waals surface area contributed by atoms with Crippen molar-refractivity contribution < 1.29 is 19.1 Å². The molecule has 0 radical (unpaired) electrons. The van der Waals surface area contributed by atoms with E-state index in [1.165, 1.54) is 6.92 Å². The van der Waals surface area contributed by atoms with E-state index in [1.54, 1.807) is 25.5 Å². The molecule has 29 heavy (non-hydrogen) atoms. The summed E-state index contributed by atoms with van der Waals surface area (Å²) in [6, 6.07) is 5.79. The molecule has 1 aliphatic carbocycles. The van der Waals surface area contributed by atoms with Crippen molar-refractivity contribution in [1.29, 1.82) is 0 Å². The minimum Gasteiger partial charge on any atom is -0.461 e. The van der Waals surface area contributed by atoms with Gasteiger partial charge in [0.2, 0.25) is 5.91 Å². The number of aliphatic hydroxyl groups is 1. The second-order valence-electron chi connectivity index (χ2n) is 7.68. The van der Waals surface area contributed by atoms with E-state index in [0.717, 1.165) is 17.7 Å². The number of aliphatic hydroxyl groups excluding tert-OH is 1. The van der Waals surface area contributed by atoms with Gasteiger partial charge < -0.3 is 20.6 Å². The zero-order valence-corrected chi connectivity index (χ0v) is 16.2. The predicted octanol–water partition coefficient (Wildman–Crippen LogP) is 1.77. The van der Waals surface area contributed by atoms with E-state index in [4.69, 9.17) is 10.2 Å². The molecule has 150 valence electrons. The molecule has 1 aliphatic rings. The third-order valence-electron chi connectivity index (χ3n) is 5.55. The fourth-order valence-electron chi connectivity index (χ4n) is 3.63. The zero-order valence-electron chi connectivity index (χ0n) is 16.2. The number of nitrogens with zero attached hydrogens (tertiary/aromatic N) is 2. The van der Waals surface area contributed by atoms with E-state index >= 15 is 0 Å². The molecule has 8 nitrogen and oxygen atoms in total. The number of rotatable bonds is 6. The quantitative estimate of drug-likeness (QED) is 0.584. The minimum absolute atomic E-state index is 0.301. The molecule has 4 N–H and O–H groups in total. The third-order valence-corrected chi connectivity index (χ3v) is 5.55. The highest BCUT2D eigenvalue weighted by Gasteiger charge is 2.41. The highest BCUT2D eigenvalue weighted by atomic mass is 16.3. The standard InChI is InChI=1S/C21H22N4O4/c1-11-18(19(27)25-21(2,10-26)20(22)28)15-7-12(3-4-17(15)29-11)13-8-14(13)16-9-23-5-6-24-16/h3-7,9,13-14,26H,8,10H2,1-2H3,(H2,22,28)(H,25,27)/t13?,14?,21-/m0/s1. The van der Waals surface area contributed by atoms with E-state index in [9.17, 15) is 14.7 Å². The van der Waals surface area contributed by atoms with Gasteiger partial charge >= 0.3 is 0 Å². The lowest BCUT2D eigenvalue weighted by atomic mass is 10.00. The summed E-state index contributed by atoms with van der Waals surface area (Å²) >= 11 is 0. The Bertz CT molecular complexity index is 1090. The normalized spacial score (nSPS) is 20.2. The van der Waals surface area contributed by atoms with Crippen molar-refractivity contribution in [2.24, 2.45) is 5.73 Å². The van der Waals surface area contributed by atoms with E-state index in [2.05, 4.69) is 15.3 Å². The number of hydrogen-bond donors (Lipinski definition) is 3. The molecule has 2 amide bonds. The van der Waals surface area contributed by atoms with Gasteiger partial charge in [-0.25, -0.2) is 0 Å². The number of primary amides is 1. The number of furan rings is 1. The maximum absolute atomic E-state index is 12.9. The van der Waals surface area contributed by atoms with Gasteiger partial charge in [-0.3, -0.25) is 19.6 Å². The monoisotopic (exact) mass is 394 g/mol. The molecule has 0 spiro atoms. The van der Waals surface area contributed by atoms with Crippen LogP contribution in [0.4, 0.5) is 0 Å². The number of aryl methyl sites for hydroxylation is 1. The maximum atomic E-state index is 12.9. The maximum Gasteiger partial charge on any atom is 0.256 e. The Hall–Kier alpha value is -3.26. The molecule has 3 atom stereocenters. The van der Waals surface area contributed by atoms with Crippen molar-refractivity contribution in [2.75, 3.05) is 6.61 Å². The van der Waals surface area contributed by atoms with Gasteiger partial charge in [-0.1, -0.05) is 6.07 Å². The lowest BCUT2D eigenvalue weighted by molar-refractivity contribution is -0.124. The number of carbonyl (C=O) groups is 2. The molecule has 2 heterocycles. The van der Waals surface area contributed by atoms with Crippen LogP contribution in [0.3, 0.4) is 0 Å². The number of nitrogens with one attached hydrogen (secondary N) is 1. The largest absolute Gasteiger partial charge is 0.461 e. The summed E-state index contributed by atoms with van der Waals surface area (Å²) in [5.74, 6) is -0.297. The van der Waals surface area contributed by atoms with Crippen LogP contribution >= 0.6 is 0 Å². The highest BCUT2D eigenvalue weighted by molar-refractivity contribution is 6.09. The van der Waals surface area contributed by atoms with Crippen LogP contribution in [0.2, 0.25) is 0 Å². The average Bonchev–Trinajstić information content (AvgIpc) is 3.44. The van der Waals surface area contributed by atoms with Gasteiger partial charge in [0.25, 0.3) is 5.91 Å². The second-order valence-corrected chi connectivity index (χ2v) is 7.68. The van der Waals surface area contributed by atoms with E-state index in [-0.39, 0.29) is 0 Å². The fourth-order valence-corrected chi connectivity index (χ4v) is 3.63. The Labute approximate surface area is 167 Å². The number of amides is 2. The van der Waals surface area contributed by atoms with Crippen LogP contribution in [0.1, 0.15) is 52.6 Å². The fraction of sp³-hybridized carbons (Fsp3) is 0.333. The molecule has 0 saturated heterocycles. The molecular formula is C21H22N4O4. The highest BCUT2D eigenvalue weighted by Crippen LogP contribution is 2.54. The summed E-state index contributed by atoms with van der Waals surface area (Å²) in [6.45, 7) is 2.47. The van der Waals surface area contributed by atoms with Crippen molar-refractivity contribution in [3.05, 3.63) is 59.4 Å². The smallest absolute Gasteiger partial charge is 0.256 e. The van der Waals surface area contributed by atoms with Gasteiger partial charge in [-0.2, -0.15) is 0 Å². The number of aromatic nitrogens is 2. The summed E-state index contributed by atoms with van der Waals surface area (Å²) in [4.78, 5) is 33.1. The first kappa shape index (κ1) is 19.1. The molecule has 1 aromatic carbocycles. The first-order valence-corrected chi connectivity index (χ1v) is 9.36. The summed E-state index contributed by atoms with van der Waals surface area (Å²) in [7, 11) is 0. The second kappa shape index (κ2) is 6.97. The number of carbonyl (C=O) groups excluding carboxylic acids is 2. The molecule has 0 aliphatic heterocycles. The van der Waals surface area contributed by atoms with Gasteiger partial charge in [0.1, 0.15) is 16.9 Å². The van der Waals surface area contributed by atoms with Gasteiger partial charge in [-0.15, -0.1) is 0 Å². The lowest BCUT2D eigenvalue weighted by Gasteiger charge is -2.24. The van der Waals surface area contributed by atoms with Gasteiger partial charge in [0.05, 0.1) is 17.9 Å². The third kappa shape index (κ3) is 3.36. The van der Waals surface area contributed by atoms with Crippen molar-refractivity contribution in [3.63, 3.8) is 0 Å². The Morgan fingerprint density at radius 2 is 2.14 bits per heavy atom. The number of nitrogens with two attached hydrogens (primary N) is 1. The molecule has 0 bridgehead atoms. The van der Waals surface area contributed by atoms with Gasteiger partial charge in [0, 0.05) is 29.9 Å². The first-order chi connectivity index (χ1) is 13.8. The van der Waals surface area contributed by atoms with E-state index < -0.39 is 24.0 Å². The molecule has 8 heteroatoms. The van der Waals surface area contributed by atoms with Crippen molar-refractivity contribution in [2.45, 2.75) is 37.6 Å². The number of benzene rings is 1. The summed E-state index contributed by atoms with van der Waals surface area (Å²) in [5, 5.41) is 12.7. The Balaban J connectivity index is 1.66. The van der Waals surface area contributed by atoms with Crippen molar-refractivity contribution in [3.8, 4) is 0 Å². The molecule has 2 unspecified atom stereocenters. The first-order valence-electron chi connectivity index (χ1n) is 9.36. The van der Waals surface area contributed by atoms with Gasteiger partial charge in [0.15, 0.2) is 0 Å². The predicted molar refractivity (Wildman–Crippen MR) is 105 cm³/mol. The molecule has 1 fully saturated rings. The molecular weight excluding hydrogens is 372 g/mol. The summed E-state index contributed by atoms with van der Waals surface area (Å²) in [6.07, 6.45) is 6.08. The number of hydrogen-bond acceptors (Lipinski definition) is 6. The van der Waals surface area contributed by atoms with Crippen LogP contribution in [-0.2, 0) is 4.79 Å². The Morgan fingerprint density at radius 1 is 1.34 bits per heavy atom. The van der Waals surface area contributed by atoms with Crippen molar-refractivity contribution >= 4 is 22.8 Å². The SMILES string of the molecule is Cc1oc2ccc(C3CC3c3cnccn3)cc2c1C(=O)N[C@@](C)(CO)C(N)=O. The van der Waals surface area contributed by atoms with Crippen LogP contribution in [0.25, 0.3) is 11.0 Å². The minimum atomic E-state index is -1.56. The molecule has 1 saturated carbocycles. The summed E-state index contributed by atoms with van der Waals surface area (Å²) in [5.41, 5.74) is 6.73. The van der Waals surface area contributed by atoms with Crippen LogP contribution in [0, 0.1) is 6.92 Å². The number of fused-ring (bicyclic) bond motifs is 1. The van der Waals surface area contributed by atoms with E-state index in [0.29, 0.717) is 34.1 Å². The Morgan fingerprint density at radius 3 is 2.79 bits per heavy atom. The molecule has 2 aromatic heterocycles. The molecule has 3 aromatic rings. The summed E-state index contributed by atoms with van der Waals surface area (Å²) < 4.78 is 5.73. The lowest BCUT2D eigenvalue weighted by Crippen LogP contribution is -2.57.